The van der Waals surface area contributed by atoms with Crippen molar-refractivity contribution in [3.63, 3.8) is 0 Å². The SMILES string of the molecule is Cc1nnc2ccc(N3CC[C@H](c4cc(F)c(F)cc4F)[C@@H](N)C3)nn12.O=C(O)C(F)(F)F.O=C(O)C(F)(F)F. The summed E-state index contributed by atoms with van der Waals surface area (Å²) >= 11 is 0. The number of fused-ring (bicyclic) bond motifs is 1. The van der Waals surface area contributed by atoms with E-state index in [1.54, 1.807) is 11.4 Å². The molecule has 2 atom stereocenters. The highest BCUT2D eigenvalue weighted by atomic mass is 19.4. The first-order chi connectivity index (χ1) is 18.3. The number of rotatable bonds is 2. The smallest absolute Gasteiger partial charge is 0.475 e. The number of aromatic nitrogens is 4. The van der Waals surface area contributed by atoms with Crippen LogP contribution in [-0.2, 0) is 9.59 Å². The molecule has 2 aromatic heterocycles. The molecule has 1 saturated heterocycles. The number of nitrogens with zero attached hydrogens (tertiary/aromatic N) is 5. The van der Waals surface area contributed by atoms with E-state index in [0.717, 1.165) is 6.07 Å². The maximum Gasteiger partial charge on any atom is 0.490 e. The summed E-state index contributed by atoms with van der Waals surface area (Å²) < 4.78 is 106. The van der Waals surface area contributed by atoms with Gasteiger partial charge in [-0.05, 0) is 37.1 Å². The lowest BCUT2D eigenvalue weighted by Crippen LogP contribution is -2.48. The lowest BCUT2D eigenvalue weighted by atomic mass is 9.85. The van der Waals surface area contributed by atoms with Crippen molar-refractivity contribution < 1.29 is 59.3 Å². The minimum absolute atomic E-state index is 0.120. The van der Waals surface area contributed by atoms with E-state index in [2.05, 4.69) is 15.3 Å². The summed E-state index contributed by atoms with van der Waals surface area (Å²) in [6.45, 7) is 2.79. The Morgan fingerprint density at radius 3 is 1.95 bits per heavy atom. The van der Waals surface area contributed by atoms with Gasteiger partial charge in [-0.15, -0.1) is 15.3 Å². The average Bonchev–Trinajstić information content (AvgIpc) is 3.21. The Hall–Kier alpha value is -4.16. The molecule has 0 unspecified atom stereocenters. The third-order valence-corrected chi connectivity index (χ3v) is 5.31. The van der Waals surface area contributed by atoms with E-state index < -0.39 is 47.8 Å². The van der Waals surface area contributed by atoms with Crippen LogP contribution in [0.25, 0.3) is 5.65 Å². The van der Waals surface area contributed by atoms with Crippen molar-refractivity contribution in [2.24, 2.45) is 5.73 Å². The maximum atomic E-state index is 14.1. The van der Waals surface area contributed by atoms with Crippen molar-refractivity contribution in [1.82, 2.24) is 19.8 Å². The van der Waals surface area contributed by atoms with Crippen molar-refractivity contribution in [3.8, 4) is 0 Å². The quantitative estimate of drug-likeness (QED) is 0.302. The van der Waals surface area contributed by atoms with Crippen molar-refractivity contribution in [3.05, 3.63) is 53.1 Å². The van der Waals surface area contributed by atoms with E-state index in [0.29, 0.717) is 42.9 Å². The molecule has 220 valence electrons. The van der Waals surface area contributed by atoms with E-state index in [1.807, 2.05) is 17.0 Å². The van der Waals surface area contributed by atoms with Crippen LogP contribution in [0.4, 0.5) is 45.3 Å². The topological polar surface area (TPSA) is 147 Å². The number of carbonyl (C=O) groups is 2. The number of carboxylic acid groups (broad SMARTS) is 2. The first-order valence-corrected chi connectivity index (χ1v) is 10.8. The summed E-state index contributed by atoms with van der Waals surface area (Å²) in [5.41, 5.74) is 7.00. The van der Waals surface area contributed by atoms with E-state index in [4.69, 9.17) is 25.5 Å². The van der Waals surface area contributed by atoms with Crippen LogP contribution in [0.5, 0.6) is 0 Å². The number of hydrogen-bond donors (Lipinski definition) is 3. The second-order valence-electron chi connectivity index (χ2n) is 8.11. The van der Waals surface area contributed by atoms with Crippen LogP contribution in [-0.4, -0.2) is 73.4 Å². The number of anilines is 1. The molecule has 0 spiro atoms. The fourth-order valence-electron chi connectivity index (χ4n) is 3.45. The number of benzene rings is 1. The van der Waals surface area contributed by atoms with Crippen LogP contribution in [0.15, 0.2) is 24.3 Å². The second-order valence-corrected chi connectivity index (χ2v) is 8.11. The molecule has 3 aromatic rings. The molecule has 40 heavy (non-hydrogen) atoms. The molecule has 10 nitrogen and oxygen atoms in total. The number of alkyl halides is 6. The van der Waals surface area contributed by atoms with Gasteiger partial charge >= 0.3 is 24.3 Å². The van der Waals surface area contributed by atoms with Crippen molar-refractivity contribution in [1.29, 1.82) is 0 Å². The highest BCUT2D eigenvalue weighted by molar-refractivity contribution is 5.73. The number of aliphatic carboxylic acids is 2. The summed E-state index contributed by atoms with van der Waals surface area (Å²) in [5.74, 6) is -7.55. The molecule has 1 aromatic carbocycles. The predicted molar refractivity (Wildman–Crippen MR) is 117 cm³/mol. The zero-order valence-corrected chi connectivity index (χ0v) is 20.0. The Morgan fingerprint density at radius 2 is 1.45 bits per heavy atom. The molecule has 4 N–H and O–H groups in total. The summed E-state index contributed by atoms with van der Waals surface area (Å²) in [4.78, 5) is 19.8. The molecular formula is C21H19F9N6O4. The number of piperidine rings is 1. The van der Waals surface area contributed by atoms with Gasteiger partial charge in [0.05, 0.1) is 0 Å². The molecule has 19 heteroatoms. The summed E-state index contributed by atoms with van der Waals surface area (Å²) in [7, 11) is 0. The van der Waals surface area contributed by atoms with Crippen molar-refractivity contribution in [2.45, 2.75) is 37.7 Å². The van der Waals surface area contributed by atoms with Crippen LogP contribution < -0.4 is 10.6 Å². The Kier molecular flexibility index (Phi) is 9.90. The van der Waals surface area contributed by atoms with Gasteiger partial charge in [0.2, 0.25) is 0 Å². The monoisotopic (exact) mass is 590 g/mol. The van der Waals surface area contributed by atoms with Crippen LogP contribution >= 0.6 is 0 Å². The van der Waals surface area contributed by atoms with Gasteiger partial charge in [-0.1, -0.05) is 0 Å². The molecule has 1 aliphatic rings. The molecule has 3 heterocycles. The lowest BCUT2D eigenvalue weighted by molar-refractivity contribution is -0.193. The molecule has 0 bridgehead atoms. The van der Waals surface area contributed by atoms with E-state index in [9.17, 15) is 39.5 Å². The molecule has 1 fully saturated rings. The Morgan fingerprint density at radius 1 is 0.925 bits per heavy atom. The van der Waals surface area contributed by atoms with Crippen molar-refractivity contribution in [2.75, 3.05) is 18.0 Å². The highest BCUT2D eigenvalue weighted by Crippen LogP contribution is 2.32. The second kappa shape index (κ2) is 12.3. The van der Waals surface area contributed by atoms with Gasteiger partial charge in [-0.3, -0.25) is 0 Å². The van der Waals surface area contributed by atoms with Gasteiger partial charge in [-0.25, -0.2) is 22.8 Å². The first kappa shape index (κ1) is 32.1. The number of hydrogen-bond acceptors (Lipinski definition) is 7. The van der Waals surface area contributed by atoms with Crippen LogP contribution in [0.3, 0.4) is 0 Å². The van der Waals surface area contributed by atoms with Gasteiger partial charge in [-0.2, -0.15) is 30.9 Å². The van der Waals surface area contributed by atoms with E-state index in [-0.39, 0.29) is 11.5 Å². The van der Waals surface area contributed by atoms with E-state index >= 15 is 0 Å². The van der Waals surface area contributed by atoms with Crippen LogP contribution in [0.1, 0.15) is 23.7 Å². The van der Waals surface area contributed by atoms with Gasteiger partial charge in [0.25, 0.3) is 0 Å². The van der Waals surface area contributed by atoms with Gasteiger partial charge in [0.15, 0.2) is 23.1 Å². The normalized spacial score (nSPS) is 17.4. The third-order valence-electron chi connectivity index (χ3n) is 5.31. The summed E-state index contributed by atoms with van der Waals surface area (Å²) in [6, 6.07) is 4.69. The van der Waals surface area contributed by atoms with Gasteiger partial charge in [0.1, 0.15) is 11.6 Å². The van der Waals surface area contributed by atoms with Gasteiger partial charge < -0.3 is 20.8 Å². The first-order valence-electron chi connectivity index (χ1n) is 10.8. The number of halogens is 9. The number of carboxylic acids is 2. The third kappa shape index (κ3) is 8.17. The van der Waals surface area contributed by atoms with E-state index in [1.165, 1.54) is 0 Å². The average molecular weight is 590 g/mol. The highest BCUT2D eigenvalue weighted by Gasteiger charge is 2.39. The molecule has 1 aliphatic heterocycles. The molecule has 4 rings (SSSR count). The van der Waals surface area contributed by atoms with Gasteiger partial charge in [0, 0.05) is 31.1 Å². The maximum absolute atomic E-state index is 14.1. The molecule has 0 saturated carbocycles. The van der Waals surface area contributed by atoms with Crippen molar-refractivity contribution >= 4 is 23.4 Å². The molecule has 0 aliphatic carbocycles. The Balaban J connectivity index is 0.000000333. The minimum Gasteiger partial charge on any atom is -0.475 e. The minimum atomic E-state index is -5.08. The lowest BCUT2D eigenvalue weighted by Gasteiger charge is -2.37. The zero-order valence-electron chi connectivity index (χ0n) is 20.0. The number of aryl methyl sites for hydroxylation is 1. The fourth-order valence-corrected chi connectivity index (χ4v) is 3.45. The number of nitrogens with two attached hydrogens (primary N) is 1. The molecule has 0 radical (unpaired) electrons. The summed E-state index contributed by atoms with van der Waals surface area (Å²) in [6.07, 6.45) is -9.66. The Bertz CT molecular complexity index is 1340. The van der Waals surface area contributed by atoms with Crippen LogP contribution in [0, 0.1) is 24.4 Å². The van der Waals surface area contributed by atoms with Crippen LogP contribution in [0.2, 0.25) is 0 Å². The standard InChI is InChI=1S/C17H17F3N6.2C2HF3O2/c1-9-22-23-16-2-3-17(24-26(9)16)25-5-4-10(15(21)8-25)11-6-13(19)14(20)7-12(11)18;2*3-2(4,5)1(6)7/h2-3,6-7,10,15H,4-5,8,21H2,1H3;2*(H,6,7)/t10-,15+;;/m1../s1. The largest absolute Gasteiger partial charge is 0.490 e. The zero-order chi connectivity index (χ0) is 30.6. The summed E-state index contributed by atoms with van der Waals surface area (Å²) in [5, 5.41) is 26.7. The Labute approximate surface area is 217 Å². The predicted octanol–water partition coefficient (Wildman–Crippen LogP) is 3.44. The molecular weight excluding hydrogens is 571 g/mol. The molecule has 0 amide bonds. The fraction of sp³-hybridized carbons (Fsp3) is 0.381.